The summed E-state index contributed by atoms with van der Waals surface area (Å²) in [6, 6.07) is 7.40. The number of para-hydroxylation sites is 1. The first-order valence-electron chi connectivity index (χ1n) is 6.94. The summed E-state index contributed by atoms with van der Waals surface area (Å²) in [5.41, 5.74) is 7.64. The second-order valence-electron chi connectivity index (χ2n) is 5.23. The molecular formula is C15H14N4O2. The molecular weight excluding hydrogens is 268 g/mol. The van der Waals surface area contributed by atoms with Gasteiger partial charge in [-0.05, 0) is 25.0 Å². The van der Waals surface area contributed by atoms with Crippen molar-refractivity contribution >= 4 is 33.8 Å². The van der Waals surface area contributed by atoms with Gasteiger partial charge in [0.1, 0.15) is 23.5 Å². The van der Waals surface area contributed by atoms with Gasteiger partial charge < -0.3 is 15.1 Å². The Kier molecular flexibility index (Phi) is 2.57. The third-order valence-corrected chi connectivity index (χ3v) is 3.99. The lowest BCUT2D eigenvalue weighted by Crippen LogP contribution is -2.40. The molecule has 0 unspecified atom stereocenters. The van der Waals surface area contributed by atoms with Gasteiger partial charge in [0, 0.05) is 11.9 Å². The predicted molar refractivity (Wildman–Crippen MR) is 78.9 cm³/mol. The Bertz CT molecular complexity index is 842. The van der Waals surface area contributed by atoms with Crippen LogP contribution in [0, 0.1) is 0 Å². The molecule has 1 aliphatic rings. The zero-order valence-corrected chi connectivity index (χ0v) is 11.3. The number of primary amides is 1. The third-order valence-electron chi connectivity index (χ3n) is 3.99. The van der Waals surface area contributed by atoms with E-state index >= 15 is 0 Å². The highest BCUT2D eigenvalue weighted by molar-refractivity contribution is 6.06. The van der Waals surface area contributed by atoms with Crippen LogP contribution in [-0.4, -0.2) is 28.5 Å². The van der Waals surface area contributed by atoms with Gasteiger partial charge in [-0.2, -0.15) is 0 Å². The lowest BCUT2D eigenvalue weighted by atomic mass is 10.2. The van der Waals surface area contributed by atoms with E-state index in [2.05, 4.69) is 9.97 Å². The van der Waals surface area contributed by atoms with E-state index in [9.17, 15) is 4.79 Å². The van der Waals surface area contributed by atoms with Crippen LogP contribution in [0.25, 0.3) is 22.1 Å². The highest BCUT2D eigenvalue weighted by atomic mass is 16.3. The van der Waals surface area contributed by atoms with Gasteiger partial charge in [-0.3, -0.25) is 4.79 Å². The average molecular weight is 282 g/mol. The van der Waals surface area contributed by atoms with E-state index < -0.39 is 0 Å². The Balaban J connectivity index is 1.95. The molecule has 2 aromatic heterocycles. The van der Waals surface area contributed by atoms with Crippen LogP contribution in [0.3, 0.4) is 0 Å². The van der Waals surface area contributed by atoms with Crippen LogP contribution in [0.1, 0.15) is 12.8 Å². The topological polar surface area (TPSA) is 85.3 Å². The third kappa shape index (κ3) is 1.75. The summed E-state index contributed by atoms with van der Waals surface area (Å²) in [7, 11) is 0. The summed E-state index contributed by atoms with van der Waals surface area (Å²) in [6.45, 7) is 0.747. The van der Waals surface area contributed by atoms with Crippen molar-refractivity contribution in [3.63, 3.8) is 0 Å². The molecule has 6 heteroatoms. The van der Waals surface area contributed by atoms with E-state index in [1.165, 1.54) is 6.33 Å². The molecule has 1 aromatic carbocycles. The van der Waals surface area contributed by atoms with Crippen LogP contribution < -0.4 is 10.6 Å². The van der Waals surface area contributed by atoms with Gasteiger partial charge >= 0.3 is 0 Å². The summed E-state index contributed by atoms with van der Waals surface area (Å²) in [5.74, 6) is 0.327. The molecule has 2 N–H and O–H groups in total. The molecule has 0 aliphatic carbocycles. The number of carbonyl (C=O) groups is 1. The van der Waals surface area contributed by atoms with Crippen LogP contribution in [-0.2, 0) is 4.79 Å². The molecule has 0 spiro atoms. The highest BCUT2D eigenvalue weighted by Crippen LogP contribution is 2.34. The normalized spacial score (nSPS) is 18.7. The lowest BCUT2D eigenvalue weighted by molar-refractivity contribution is -0.119. The molecule has 1 aliphatic heterocycles. The number of nitrogens with zero attached hydrogens (tertiary/aromatic N) is 3. The Morgan fingerprint density at radius 3 is 3.05 bits per heavy atom. The van der Waals surface area contributed by atoms with Crippen molar-refractivity contribution in [2.75, 3.05) is 11.4 Å². The van der Waals surface area contributed by atoms with Gasteiger partial charge in [0.2, 0.25) is 5.91 Å². The fourth-order valence-corrected chi connectivity index (χ4v) is 3.03. The fourth-order valence-electron chi connectivity index (χ4n) is 3.03. The summed E-state index contributed by atoms with van der Waals surface area (Å²) in [5, 5.41) is 0.950. The number of hydrogen-bond acceptors (Lipinski definition) is 5. The van der Waals surface area contributed by atoms with E-state index in [0.29, 0.717) is 11.4 Å². The average Bonchev–Trinajstić information content (AvgIpc) is 3.11. The number of aromatic nitrogens is 2. The number of hydrogen-bond donors (Lipinski definition) is 1. The summed E-state index contributed by atoms with van der Waals surface area (Å²) in [4.78, 5) is 22.2. The van der Waals surface area contributed by atoms with Crippen molar-refractivity contribution in [3.8, 4) is 0 Å². The second kappa shape index (κ2) is 4.44. The molecule has 4 rings (SSSR count). The standard InChI is InChI=1S/C15H14N4O2/c16-14(20)10-5-3-7-19(10)15-13-12(17-8-18-15)9-4-1-2-6-11(9)21-13/h1-2,4,6,8,10H,3,5,7H2,(H2,16,20)/t10-/m1/s1. The van der Waals surface area contributed by atoms with Crippen LogP contribution in [0.15, 0.2) is 35.0 Å². The SMILES string of the molecule is NC(=O)[C@H]1CCCN1c1ncnc2c1oc1ccccc12. The van der Waals surface area contributed by atoms with Crippen LogP contribution >= 0.6 is 0 Å². The van der Waals surface area contributed by atoms with E-state index in [1.807, 2.05) is 29.2 Å². The first-order chi connectivity index (χ1) is 10.3. The summed E-state index contributed by atoms with van der Waals surface area (Å²) in [6.07, 6.45) is 3.18. The number of benzene rings is 1. The molecule has 0 saturated carbocycles. The molecule has 3 heterocycles. The van der Waals surface area contributed by atoms with Gasteiger partial charge in [-0.1, -0.05) is 12.1 Å². The van der Waals surface area contributed by atoms with E-state index in [0.717, 1.165) is 35.9 Å². The van der Waals surface area contributed by atoms with E-state index in [4.69, 9.17) is 10.2 Å². The van der Waals surface area contributed by atoms with Crippen molar-refractivity contribution in [1.82, 2.24) is 9.97 Å². The van der Waals surface area contributed by atoms with E-state index in [1.54, 1.807) is 0 Å². The van der Waals surface area contributed by atoms with E-state index in [-0.39, 0.29) is 11.9 Å². The maximum atomic E-state index is 11.6. The molecule has 1 saturated heterocycles. The number of anilines is 1. The Morgan fingerprint density at radius 2 is 2.19 bits per heavy atom. The van der Waals surface area contributed by atoms with Crippen LogP contribution in [0.5, 0.6) is 0 Å². The first kappa shape index (κ1) is 12.1. The van der Waals surface area contributed by atoms with Gasteiger partial charge in [0.15, 0.2) is 11.4 Å². The van der Waals surface area contributed by atoms with Gasteiger partial charge in [0.05, 0.1) is 0 Å². The first-order valence-corrected chi connectivity index (χ1v) is 6.94. The molecule has 106 valence electrons. The monoisotopic (exact) mass is 282 g/mol. The molecule has 6 nitrogen and oxygen atoms in total. The van der Waals surface area contributed by atoms with Crippen LogP contribution in [0.4, 0.5) is 5.82 Å². The second-order valence-corrected chi connectivity index (χ2v) is 5.23. The highest BCUT2D eigenvalue weighted by Gasteiger charge is 2.32. The number of nitrogens with two attached hydrogens (primary N) is 1. The molecule has 3 aromatic rings. The zero-order valence-electron chi connectivity index (χ0n) is 11.3. The Labute approximate surface area is 120 Å². The minimum Gasteiger partial charge on any atom is -0.450 e. The Morgan fingerprint density at radius 1 is 1.33 bits per heavy atom. The minimum atomic E-state index is -0.324. The summed E-state index contributed by atoms with van der Waals surface area (Å²) < 4.78 is 5.91. The maximum absolute atomic E-state index is 11.6. The number of carbonyl (C=O) groups excluding carboxylic acids is 1. The van der Waals surface area contributed by atoms with Crippen molar-refractivity contribution in [3.05, 3.63) is 30.6 Å². The zero-order chi connectivity index (χ0) is 14.4. The Hall–Kier alpha value is -2.63. The lowest BCUT2D eigenvalue weighted by Gasteiger charge is -2.22. The number of fused-ring (bicyclic) bond motifs is 3. The van der Waals surface area contributed by atoms with Gasteiger partial charge in [0.25, 0.3) is 0 Å². The molecule has 0 radical (unpaired) electrons. The smallest absolute Gasteiger partial charge is 0.240 e. The fraction of sp³-hybridized carbons (Fsp3) is 0.267. The van der Waals surface area contributed by atoms with Gasteiger partial charge in [-0.25, -0.2) is 9.97 Å². The predicted octanol–water partition coefficient (Wildman–Crippen LogP) is 1.83. The maximum Gasteiger partial charge on any atom is 0.240 e. The minimum absolute atomic E-state index is 0.323. The van der Waals surface area contributed by atoms with Crippen molar-refractivity contribution in [2.24, 2.45) is 5.73 Å². The van der Waals surface area contributed by atoms with Crippen LogP contribution in [0.2, 0.25) is 0 Å². The number of amides is 1. The van der Waals surface area contributed by atoms with Gasteiger partial charge in [-0.15, -0.1) is 0 Å². The molecule has 21 heavy (non-hydrogen) atoms. The quantitative estimate of drug-likeness (QED) is 0.775. The van der Waals surface area contributed by atoms with Crippen molar-refractivity contribution in [2.45, 2.75) is 18.9 Å². The number of furan rings is 1. The molecule has 1 atom stereocenters. The summed E-state index contributed by atoms with van der Waals surface area (Å²) >= 11 is 0. The van der Waals surface area contributed by atoms with Crippen molar-refractivity contribution in [1.29, 1.82) is 0 Å². The largest absolute Gasteiger partial charge is 0.450 e. The molecule has 0 bridgehead atoms. The molecule has 1 amide bonds. The van der Waals surface area contributed by atoms with Crippen molar-refractivity contribution < 1.29 is 9.21 Å². The number of rotatable bonds is 2. The molecule has 1 fully saturated rings.